The van der Waals surface area contributed by atoms with Gasteiger partial charge in [-0.3, -0.25) is 4.68 Å². The Morgan fingerprint density at radius 1 is 0.947 bits per heavy atom. The van der Waals surface area contributed by atoms with Crippen molar-refractivity contribution in [1.29, 1.82) is 0 Å². The van der Waals surface area contributed by atoms with E-state index in [-0.39, 0.29) is 0 Å². The van der Waals surface area contributed by atoms with Crippen LogP contribution in [0.5, 0.6) is 5.75 Å². The number of anilines is 1. The summed E-state index contributed by atoms with van der Waals surface area (Å²) in [6.07, 6.45) is 8.44. The Morgan fingerprint density at radius 2 is 1.71 bits per heavy atom. The van der Waals surface area contributed by atoms with Crippen molar-refractivity contribution >= 4 is 16.7 Å². The molecule has 9 heteroatoms. The van der Waals surface area contributed by atoms with Gasteiger partial charge in [0.05, 0.1) is 30.2 Å². The summed E-state index contributed by atoms with van der Waals surface area (Å²) >= 11 is 0. The first kappa shape index (κ1) is 24.9. The third kappa shape index (κ3) is 4.76. The number of fused-ring (bicyclic) bond motifs is 1. The Labute approximate surface area is 224 Å². The maximum Gasteiger partial charge on any atom is 0.160 e. The zero-order valence-electron chi connectivity index (χ0n) is 22.9. The minimum Gasteiger partial charge on any atom is -0.492 e. The molecule has 0 aliphatic carbocycles. The van der Waals surface area contributed by atoms with Crippen LogP contribution in [0.4, 0.5) is 5.69 Å². The van der Waals surface area contributed by atoms with Crippen LogP contribution in [-0.2, 0) is 0 Å². The summed E-state index contributed by atoms with van der Waals surface area (Å²) in [5.74, 6) is 0.919. The van der Waals surface area contributed by atoms with Crippen LogP contribution in [0.2, 0.25) is 0 Å². The molecular formula is C29H38N8O. The third-order valence-corrected chi connectivity index (χ3v) is 8.09. The Hall–Kier alpha value is -3.43. The number of aryl methyl sites for hydroxylation is 1. The first-order valence-electron chi connectivity index (χ1n) is 13.8. The summed E-state index contributed by atoms with van der Waals surface area (Å²) in [5.41, 5.74) is 7.25. The summed E-state index contributed by atoms with van der Waals surface area (Å²) in [6.45, 7) is 11.2. The van der Waals surface area contributed by atoms with Gasteiger partial charge in [-0.25, -0.2) is 0 Å². The molecule has 3 aromatic heterocycles. The molecule has 0 amide bonds. The summed E-state index contributed by atoms with van der Waals surface area (Å²) < 4.78 is 8.31. The first-order valence-corrected chi connectivity index (χ1v) is 13.8. The van der Waals surface area contributed by atoms with Crippen molar-refractivity contribution < 1.29 is 4.74 Å². The second-order valence-corrected chi connectivity index (χ2v) is 10.8. The van der Waals surface area contributed by atoms with Crippen LogP contribution >= 0.6 is 0 Å². The molecule has 0 radical (unpaired) electrons. The highest BCUT2D eigenvalue weighted by Gasteiger charge is 2.23. The highest BCUT2D eigenvalue weighted by atomic mass is 16.5. The minimum atomic E-state index is 0.458. The van der Waals surface area contributed by atoms with Gasteiger partial charge in [0.25, 0.3) is 0 Å². The van der Waals surface area contributed by atoms with Crippen LogP contribution in [-0.4, -0.2) is 94.7 Å². The molecular weight excluding hydrogens is 476 g/mol. The van der Waals surface area contributed by atoms with Crippen LogP contribution in [0.1, 0.15) is 31.4 Å². The maximum absolute atomic E-state index is 6.17. The molecule has 2 aliphatic rings. The lowest BCUT2D eigenvalue weighted by Crippen LogP contribution is -2.44. The lowest BCUT2D eigenvalue weighted by molar-refractivity contribution is 0.212. The summed E-state index contributed by atoms with van der Waals surface area (Å²) in [6, 6.07) is 6.95. The molecule has 200 valence electrons. The molecule has 38 heavy (non-hydrogen) atoms. The topological polar surface area (TPSA) is 78.3 Å². The van der Waals surface area contributed by atoms with Crippen molar-refractivity contribution in [1.82, 2.24) is 34.8 Å². The Kier molecular flexibility index (Phi) is 6.80. The molecule has 9 nitrogen and oxygen atoms in total. The van der Waals surface area contributed by atoms with Crippen LogP contribution in [0.15, 0.2) is 36.8 Å². The predicted octanol–water partition coefficient (Wildman–Crippen LogP) is 4.21. The van der Waals surface area contributed by atoms with Crippen LogP contribution in [0.25, 0.3) is 33.4 Å². The number of benzene rings is 1. The van der Waals surface area contributed by atoms with Gasteiger partial charge < -0.3 is 24.4 Å². The number of hydrogen-bond acceptors (Lipinski definition) is 7. The monoisotopic (exact) mass is 514 g/mol. The molecule has 2 fully saturated rings. The van der Waals surface area contributed by atoms with E-state index in [4.69, 9.17) is 9.84 Å². The van der Waals surface area contributed by atoms with Gasteiger partial charge in [0.1, 0.15) is 5.75 Å². The highest BCUT2D eigenvalue weighted by molar-refractivity contribution is 5.95. The summed E-state index contributed by atoms with van der Waals surface area (Å²) in [7, 11) is 4.37. The Balaban J connectivity index is 1.33. The molecule has 0 saturated carbocycles. The SMILES string of the molecule is CCOc1cc(-c2cc3c(-c4cnn(C5CCN(C)CC5)c4)c[nH]c3nn2)cc(C)c1N1CCN(C)CC1. The van der Waals surface area contributed by atoms with E-state index >= 15 is 0 Å². The van der Waals surface area contributed by atoms with Gasteiger partial charge in [0.2, 0.25) is 0 Å². The molecule has 1 N–H and O–H groups in total. The van der Waals surface area contributed by atoms with Gasteiger partial charge >= 0.3 is 0 Å². The number of ether oxygens (including phenoxy) is 1. The van der Waals surface area contributed by atoms with Gasteiger partial charge in [0.15, 0.2) is 5.65 Å². The van der Waals surface area contributed by atoms with Gasteiger partial charge in [-0.05, 0) is 77.6 Å². The zero-order chi connectivity index (χ0) is 26.2. The molecule has 0 bridgehead atoms. The third-order valence-electron chi connectivity index (χ3n) is 8.09. The van der Waals surface area contributed by atoms with E-state index in [1.54, 1.807) is 0 Å². The van der Waals surface area contributed by atoms with E-state index in [9.17, 15) is 0 Å². The number of rotatable bonds is 6. The fourth-order valence-electron chi connectivity index (χ4n) is 5.83. The predicted molar refractivity (Wildman–Crippen MR) is 152 cm³/mol. The number of aromatic nitrogens is 5. The number of aromatic amines is 1. The van der Waals surface area contributed by atoms with Crippen molar-refractivity contribution in [2.45, 2.75) is 32.7 Å². The number of hydrogen-bond donors (Lipinski definition) is 1. The fraction of sp³-hybridized carbons (Fsp3) is 0.483. The van der Waals surface area contributed by atoms with E-state index in [0.717, 1.165) is 91.3 Å². The zero-order valence-corrected chi connectivity index (χ0v) is 22.9. The second kappa shape index (κ2) is 10.4. The van der Waals surface area contributed by atoms with Crippen molar-refractivity contribution in [2.75, 3.05) is 64.9 Å². The largest absolute Gasteiger partial charge is 0.492 e. The normalized spacial score (nSPS) is 17.9. The number of piperazine rings is 1. The number of nitrogens with one attached hydrogen (secondary N) is 1. The Bertz CT molecular complexity index is 1410. The first-order chi connectivity index (χ1) is 18.5. The number of piperidine rings is 1. The molecule has 0 spiro atoms. The Morgan fingerprint density at radius 3 is 2.47 bits per heavy atom. The molecule has 4 aromatic rings. The van der Waals surface area contributed by atoms with E-state index in [1.807, 2.05) is 19.3 Å². The number of H-pyrrole nitrogens is 1. The molecule has 6 rings (SSSR count). The van der Waals surface area contributed by atoms with Gasteiger partial charge in [-0.2, -0.15) is 5.10 Å². The summed E-state index contributed by atoms with van der Waals surface area (Å²) in [5, 5.41) is 14.9. The molecule has 2 aliphatic heterocycles. The fourth-order valence-corrected chi connectivity index (χ4v) is 5.83. The quantitative estimate of drug-likeness (QED) is 0.413. The van der Waals surface area contributed by atoms with Crippen molar-refractivity contribution in [3.05, 3.63) is 42.4 Å². The van der Waals surface area contributed by atoms with E-state index in [1.165, 1.54) is 11.3 Å². The van der Waals surface area contributed by atoms with Crippen LogP contribution in [0, 0.1) is 6.92 Å². The van der Waals surface area contributed by atoms with Crippen LogP contribution < -0.4 is 9.64 Å². The average molecular weight is 515 g/mol. The average Bonchev–Trinajstić information content (AvgIpc) is 3.57. The van der Waals surface area contributed by atoms with Crippen molar-refractivity contribution in [3.8, 4) is 28.1 Å². The highest BCUT2D eigenvalue weighted by Crippen LogP contribution is 2.38. The molecule has 2 saturated heterocycles. The van der Waals surface area contributed by atoms with Gasteiger partial charge in [-0.15, -0.1) is 10.2 Å². The van der Waals surface area contributed by atoms with Gasteiger partial charge in [-0.1, -0.05) is 0 Å². The van der Waals surface area contributed by atoms with Crippen molar-refractivity contribution in [2.24, 2.45) is 0 Å². The molecule has 0 atom stereocenters. The maximum atomic E-state index is 6.17. The van der Waals surface area contributed by atoms with E-state index in [2.05, 4.69) is 80.0 Å². The van der Waals surface area contributed by atoms with E-state index < -0.39 is 0 Å². The standard InChI is InChI=1S/C29H38N8O/c1-5-38-27-15-21(14-20(2)28(27)36-12-10-35(4)11-13-36)26-16-24-25(18-30-29(24)33-32-26)22-17-31-37(19-22)23-6-8-34(3)9-7-23/h14-19,23H,5-13H2,1-4H3,(H,30,33). The number of likely N-dealkylation sites (tertiary alicyclic amines) is 1. The summed E-state index contributed by atoms with van der Waals surface area (Å²) in [4.78, 5) is 10.5. The minimum absolute atomic E-state index is 0.458. The van der Waals surface area contributed by atoms with E-state index in [0.29, 0.717) is 12.6 Å². The second-order valence-electron chi connectivity index (χ2n) is 10.8. The molecule has 1 aromatic carbocycles. The lowest BCUT2D eigenvalue weighted by Gasteiger charge is -2.36. The smallest absolute Gasteiger partial charge is 0.160 e. The number of likely N-dealkylation sites (N-methyl/N-ethyl adjacent to an activating group) is 1. The molecule has 0 unspecified atom stereocenters. The number of nitrogens with zero attached hydrogens (tertiary/aromatic N) is 7. The van der Waals surface area contributed by atoms with Gasteiger partial charge in [0, 0.05) is 60.6 Å². The molecule has 5 heterocycles. The van der Waals surface area contributed by atoms with Crippen LogP contribution in [0.3, 0.4) is 0 Å². The lowest BCUT2D eigenvalue weighted by atomic mass is 10.0. The van der Waals surface area contributed by atoms with Crippen molar-refractivity contribution in [3.63, 3.8) is 0 Å².